The molecule has 6 heteroatoms. The standard InChI is InChI=1S/C15H23NO4S/c1-11(2)16(10-9-15(17)18)12(3)13-5-7-14(8-6-13)21(4,19)20/h5-8,11-12H,9-10H2,1-4H3,(H,17,18). The van der Waals surface area contributed by atoms with Gasteiger partial charge in [-0.05, 0) is 38.5 Å². The van der Waals surface area contributed by atoms with Crippen molar-refractivity contribution in [3.8, 4) is 0 Å². The van der Waals surface area contributed by atoms with Crippen LogP contribution in [-0.2, 0) is 14.6 Å². The van der Waals surface area contributed by atoms with Crippen LogP contribution in [0.5, 0.6) is 0 Å². The maximum absolute atomic E-state index is 11.5. The molecule has 21 heavy (non-hydrogen) atoms. The van der Waals surface area contributed by atoms with Crippen LogP contribution in [0.4, 0.5) is 0 Å². The van der Waals surface area contributed by atoms with Crippen molar-refractivity contribution < 1.29 is 18.3 Å². The number of sulfone groups is 1. The number of carboxylic acid groups (broad SMARTS) is 1. The van der Waals surface area contributed by atoms with Crippen molar-refractivity contribution in [2.45, 2.75) is 44.2 Å². The number of carboxylic acids is 1. The van der Waals surface area contributed by atoms with Crippen molar-refractivity contribution in [1.82, 2.24) is 4.90 Å². The molecule has 5 nitrogen and oxygen atoms in total. The first-order chi connectivity index (χ1) is 9.62. The van der Waals surface area contributed by atoms with Crippen LogP contribution < -0.4 is 0 Å². The summed E-state index contributed by atoms with van der Waals surface area (Å²) in [5, 5.41) is 8.83. The maximum Gasteiger partial charge on any atom is 0.304 e. The zero-order valence-electron chi connectivity index (χ0n) is 12.9. The average molecular weight is 313 g/mol. The summed E-state index contributed by atoms with van der Waals surface area (Å²) in [6.07, 6.45) is 1.27. The Morgan fingerprint density at radius 3 is 2.10 bits per heavy atom. The molecule has 1 aromatic carbocycles. The molecule has 1 aromatic rings. The molecule has 0 aliphatic rings. The highest BCUT2D eigenvalue weighted by molar-refractivity contribution is 7.90. The van der Waals surface area contributed by atoms with E-state index in [0.29, 0.717) is 11.4 Å². The second-order valence-electron chi connectivity index (χ2n) is 5.49. The minimum atomic E-state index is -3.19. The summed E-state index contributed by atoms with van der Waals surface area (Å²) >= 11 is 0. The number of hydrogen-bond acceptors (Lipinski definition) is 4. The molecule has 0 aromatic heterocycles. The fraction of sp³-hybridized carbons (Fsp3) is 0.533. The van der Waals surface area contributed by atoms with E-state index in [2.05, 4.69) is 4.90 Å². The Kier molecular flexibility index (Phi) is 5.92. The fourth-order valence-electron chi connectivity index (χ4n) is 2.31. The summed E-state index contributed by atoms with van der Waals surface area (Å²) in [5.41, 5.74) is 0.974. The number of rotatable bonds is 7. The predicted octanol–water partition coefficient (Wildman–Crippen LogP) is 2.34. The normalized spacial score (nSPS) is 13.6. The molecule has 118 valence electrons. The van der Waals surface area contributed by atoms with E-state index >= 15 is 0 Å². The highest BCUT2D eigenvalue weighted by Gasteiger charge is 2.20. The molecule has 0 bridgehead atoms. The van der Waals surface area contributed by atoms with Gasteiger partial charge in [0.25, 0.3) is 0 Å². The number of benzene rings is 1. The zero-order valence-corrected chi connectivity index (χ0v) is 13.7. The van der Waals surface area contributed by atoms with E-state index in [1.807, 2.05) is 20.8 Å². The van der Waals surface area contributed by atoms with Crippen LogP contribution in [0.2, 0.25) is 0 Å². The molecule has 0 aliphatic heterocycles. The third-order valence-electron chi connectivity index (χ3n) is 3.54. The minimum absolute atomic E-state index is 0.0259. The van der Waals surface area contributed by atoms with Gasteiger partial charge in [0, 0.05) is 24.9 Å². The summed E-state index contributed by atoms with van der Waals surface area (Å²) in [4.78, 5) is 13.1. The van der Waals surface area contributed by atoms with Crippen LogP contribution in [0.15, 0.2) is 29.2 Å². The fourth-order valence-corrected chi connectivity index (χ4v) is 2.94. The molecule has 1 unspecified atom stereocenters. The molecule has 0 spiro atoms. The van der Waals surface area contributed by atoms with Crippen molar-refractivity contribution >= 4 is 15.8 Å². The largest absolute Gasteiger partial charge is 0.481 e. The van der Waals surface area contributed by atoms with Gasteiger partial charge in [-0.15, -0.1) is 0 Å². The lowest BCUT2D eigenvalue weighted by molar-refractivity contribution is -0.137. The summed E-state index contributed by atoms with van der Waals surface area (Å²) in [5.74, 6) is -0.819. The van der Waals surface area contributed by atoms with Gasteiger partial charge in [-0.3, -0.25) is 9.69 Å². The van der Waals surface area contributed by atoms with Crippen molar-refractivity contribution in [2.24, 2.45) is 0 Å². The van der Waals surface area contributed by atoms with Gasteiger partial charge in [0.15, 0.2) is 9.84 Å². The number of nitrogens with zero attached hydrogens (tertiary/aromatic N) is 1. The topological polar surface area (TPSA) is 74.7 Å². The van der Waals surface area contributed by atoms with Gasteiger partial charge in [0.05, 0.1) is 11.3 Å². The smallest absolute Gasteiger partial charge is 0.304 e. The lowest BCUT2D eigenvalue weighted by Crippen LogP contribution is -2.35. The van der Waals surface area contributed by atoms with Crippen LogP contribution in [-0.4, -0.2) is 43.2 Å². The Balaban J connectivity index is 2.93. The Morgan fingerprint density at radius 1 is 1.19 bits per heavy atom. The highest BCUT2D eigenvalue weighted by Crippen LogP contribution is 2.24. The molecule has 0 aliphatic carbocycles. The minimum Gasteiger partial charge on any atom is -0.481 e. The maximum atomic E-state index is 11.5. The lowest BCUT2D eigenvalue weighted by Gasteiger charge is -2.32. The summed E-state index contributed by atoms with van der Waals surface area (Å²) in [6, 6.07) is 6.99. The first kappa shape index (κ1) is 17.7. The van der Waals surface area contributed by atoms with Gasteiger partial charge in [-0.1, -0.05) is 12.1 Å². The Labute approximate surface area is 126 Å². The van der Waals surface area contributed by atoms with Crippen molar-refractivity contribution in [3.05, 3.63) is 29.8 Å². The summed E-state index contributed by atoms with van der Waals surface area (Å²) < 4.78 is 22.9. The molecular weight excluding hydrogens is 290 g/mol. The van der Waals surface area contributed by atoms with Crippen LogP contribution >= 0.6 is 0 Å². The molecule has 0 saturated carbocycles. The van der Waals surface area contributed by atoms with E-state index < -0.39 is 15.8 Å². The van der Waals surface area contributed by atoms with Crippen LogP contribution in [0, 0.1) is 0 Å². The molecule has 0 heterocycles. The quantitative estimate of drug-likeness (QED) is 0.836. The van der Waals surface area contributed by atoms with Crippen LogP contribution in [0.3, 0.4) is 0 Å². The van der Waals surface area contributed by atoms with Crippen LogP contribution in [0.25, 0.3) is 0 Å². The Morgan fingerprint density at radius 2 is 1.71 bits per heavy atom. The number of carbonyl (C=O) groups is 1. The Hall–Kier alpha value is -1.40. The second kappa shape index (κ2) is 7.04. The third-order valence-corrected chi connectivity index (χ3v) is 4.66. The first-order valence-electron chi connectivity index (χ1n) is 6.90. The number of aliphatic carboxylic acids is 1. The zero-order chi connectivity index (χ0) is 16.2. The van der Waals surface area contributed by atoms with Gasteiger partial charge < -0.3 is 5.11 Å². The molecule has 0 amide bonds. The molecule has 0 fully saturated rings. The van der Waals surface area contributed by atoms with Gasteiger partial charge in [0.2, 0.25) is 0 Å². The monoisotopic (exact) mass is 313 g/mol. The van der Waals surface area contributed by atoms with E-state index in [1.165, 1.54) is 6.26 Å². The molecule has 1 N–H and O–H groups in total. The molecule has 0 saturated heterocycles. The summed E-state index contributed by atoms with van der Waals surface area (Å²) in [6.45, 7) is 6.49. The van der Waals surface area contributed by atoms with Crippen molar-refractivity contribution in [2.75, 3.05) is 12.8 Å². The molecule has 1 rings (SSSR count). The van der Waals surface area contributed by atoms with Gasteiger partial charge >= 0.3 is 5.97 Å². The third kappa shape index (κ3) is 5.13. The lowest BCUT2D eigenvalue weighted by atomic mass is 10.1. The highest BCUT2D eigenvalue weighted by atomic mass is 32.2. The predicted molar refractivity (Wildman–Crippen MR) is 82.1 cm³/mol. The molecule has 0 radical (unpaired) electrons. The SMILES string of the molecule is CC(C)N(CCC(=O)O)C(C)c1ccc(S(C)(=O)=O)cc1. The van der Waals surface area contributed by atoms with E-state index in [0.717, 1.165) is 5.56 Å². The van der Waals surface area contributed by atoms with E-state index in [-0.39, 0.29) is 18.5 Å². The molecule has 1 atom stereocenters. The Bertz CT molecular complexity index is 578. The van der Waals surface area contributed by atoms with Crippen molar-refractivity contribution in [1.29, 1.82) is 0 Å². The molecular formula is C15H23NO4S. The average Bonchev–Trinajstić information content (AvgIpc) is 2.37. The van der Waals surface area contributed by atoms with E-state index in [1.54, 1.807) is 24.3 Å². The number of hydrogen-bond donors (Lipinski definition) is 1. The van der Waals surface area contributed by atoms with Crippen molar-refractivity contribution in [3.63, 3.8) is 0 Å². The van der Waals surface area contributed by atoms with Gasteiger partial charge in [-0.2, -0.15) is 0 Å². The van der Waals surface area contributed by atoms with E-state index in [4.69, 9.17) is 5.11 Å². The van der Waals surface area contributed by atoms with Crippen LogP contribution in [0.1, 0.15) is 38.8 Å². The van der Waals surface area contributed by atoms with E-state index in [9.17, 15) is 13.2 Å². The summed E-state index contributed by atoms with van der Waals surface area (Å²) in [7, 11) is -3.19. The van der Waals surface area contributed by atoms with Gasteiger partial charge in [0.1, 0.15) is 0 Å². The second-order valence-corrected chi connectivity index (χ2v) is 7.51. The first-order valence-corrected chi connectivity index (χ1v) is 8.79. The van der Waals surface area contributed by atoms with Gasteiger partial charge in [-0.25, -0.2) is 8.42 Å².